The summed E-state index contributed by atoms with van der Waals surface area (Å²) in [5.74, 6) is -1.94. The number of nitrogens with zero attached hydrogens (tertiary/aromatic N) is 3. The summed E-state index contributed by atoms with van der Waals surface area (Å²) in [5, 5.41) is 11.0. The van der Waals surface area contributed by atoms with Gasteiger partial charge >= 0.3 is 12.1 Å². The molecule has 1 saturated heterocycles. The van der Waals surface area contributed by atoms with Crippen LogP contribution in [0.3, 0.4) is 0 Å². The standard InChI is InChI=1S/C22H27N3O7S2/c1-6-7-30-22(29)32-12(4)31-21(28)17-14(10(2)16-15(11(3)26)19(27)25(16)17)13-8-24-9-23-18(33-5)20(24)34-13/h8-12,15-16,26H,6-7H2,1-5H3/t10-,11+,12?,15+,16+/m0/s1. The van der Waals surface area contributed by atoms with Gasteiger partial charge in [-0.2, -0.15) is 0 Å². The van der Waals surface area contributed by atoms with Crippen LogP contribution in [0.15, 0.2) is 23.2 Å². The van der Waals surface area contributed by atoms with Crippen molar-refractivity contribution in [3.8, 4) is 0 Å². The third-order valence-corrected chi connectivity index (χ3v) is 7.92. The molecule has 2 aromatic heterocycles. The molecule has 5 atom stereocenters. The molecule has 4 rings (SSSR count). The number of aromatic nitrogens is 2. The van der Waals surface area contributed by atoms with Crippen LogP contribution in [0.4, 0.5) is 4.79 Å². The maximum absolute atomic E-state index is 13.3. The third-order valence-electron chi connectivity index (χ3n) is 5.96. The lowest BCUT2D eigenvalue weighted by atomic mass is 9.77. The van der Waals surface area contributed by atoms with Gasteiger partial charge in [-0.1, -0.05) is 13.8 Å². The van der Waals surface area contributed by atoms with E-state index < -0.39 is 30.4 Å². The zero-order chi connectivity index (χ0) is 24.7. The lowest BCUT2D eigenvalue weighted by Crippen LogP contribution is -2.63. The van der Waals surface area contributed by atoms with Crippen LogP contribution < -0.4 is 0 Å². The number of thioether (sulfide) groups is 1. The summed E-state index contributed by atoms with van der Waals surface area (Å²) in [6.07, 6.45) is 3.15. The Hall–Kier alpha value is -2.57. The molecule has 0 saturated carbocycles. The first kappa shape index (κ1) is 24.6. The summed E-state index contributed by atoms with van der Waals surface area (Å²) in [6.45, 7) is 6.95. The van der Waals surface area contributed by atoms with Crippen LogP contribution in [0.25, 0.3) is 10.4 Å². The minimum Gasteiger partial charge on any atom is -0.434 e. The van der Waals surface area contributed by atoms with E-state index in [0.29, 0.717) is 12.0 Å². The van der Waals surface area contributed by atoms with Crippen LogP contribution >= 0.6 is 23.1 Å². The van der Waals surface area contributed by atoms with E-state index in [1.165, 1.54) is 34.9 Å². The molecule has 0 spiro atoms. The van der Waals surface area contributed by atoms with Crippen molar-refractivity contribution in [1.82, 2.24) is 14.3 Å². The molecule has 2 aromatic rings. The van der Waals surface area contributed by atoms with Gasteiger partial charge in [0, 0.05) is 24.6 Å². The normalized spacial score (nSPS) is 23.5. The summed E-state index contributed by atoms with van der Waals surface area (Å²) >= 11 is 2.99. The molecular formula is C22H27N3O7S2. The predicted molar refractivity (Wildman–Crippen MR) is 125 cm³/mol. The zero-order valence-electron chi connectivity index (χ0n) is 19.5. The van der Waals surface area contributed by atoms with Crippen molar-refractivity contribution in [2.75, 3.05) is 12.9 Å². The van der Waals surface area contributed by atoms with Crippen LogP contribution in [0, 0.1) is 11.8 Å². The largest absolute Gasteiger partial charge is 0.511 e. The summed E-state index contributed by atoms with van der Waals surface area (Å²) < 4.78 is 17.1. The summed E-state index contributed by atoms with van der Waals surface area (Å²) in [7, 11) is 0. The second-order valence-electron chi connectivity index (χ2n) is 8.27. The first-order valence-electron chi connectivity index (χ1n) is 11.0. The molecule has 184 valence electrons. The highest BCUT2D eigenvalue weighted by Gasteiger charge is 2.60. The fraction of sp³-hybridized carbons (Fsp3) is 0.545. The molecule has 12 heteroatoms. The Bertz CT molecular complexity index is 1150. The second kappa shape index (κ2) is 9.59. The number of amides is 1. The number of imidazole rings is 1. The van der Waals surface area contributed by atoms with Gasteiger partial charge in [0.15, 0.2) is 0 Å². The maximum atomic E-state index is 13.3. The molecule has 1 amide bonds. The lowest BCUT2D eigenvalue weighted by molar-refractivity contribution is -0.173. The van der Waals surface area contributed by atoms with Crippen molar-refractivity contribution in [1.29, 1.82) is 0 Å². The molecule has 0 radical (unpaired) electrons. The molecule has 1 unspecified atom stereocenters. The van der Waals surface area contributed by atoms with Crippen LogP contribution in [0.2, 0.25) is 0 Å². The minimum absolute atomic E-state index is 0.111. The number of thiazole rings is 1. The molecule has 34 heavy (non-hydrogen) atoms. The lowest BCUT2D eigenvalue weighted by Gasteiger charge is -2.46. The number of rotatable bonds is 8. The highest BCUT2D eigenvalue weighted by atomic mass is 32.2. The average Bonchev–Trinajstić information content (AvgIpc) is 3.41. The van der Waals surface area contributed by atoms with Crippen molar-refractivity contribution >= 4 is 51.5 Å². The number of β-lactam (4-membered cyclic amide) rings is 1. The van der Waals surface area contributed by atoms with Crippen molar-refractivity contribution in [2.45, 2.75) is 57.6 Å². The number of ether oxygens (including phenoxy) is 3. The first-order valence-corrected chi connectivity index (χ1v) is 13.0. The summed E-state index contributed by atoms with van der Waals surface area (Å²) in [5.41, 5.74) is 0.771. The van der Waals surface area contributed by atoms with Crippen LogP contribution in [-0.2, 0) is 23.8 Å². The van der Waals surface area contributed by atoms with Gasteiger partial charge < -0.3 is 24.2 Å². The third kappa shape index (κ3) is 4.07. The van der Waals surface area contributed by atoms with E-state index in [1.807, 2.05) is 30.7 Å². The first-order chi connectivity index (χ1) is 16.2. The Labute approximate surface area is 204 Å². The quantitative estimate of drug-likeness (QED) is 0.248. The Balaban J connectivity index is 1.67. The van der Waals surface area contributed by atoms with Gasteiger partial charge in [-0.3, -0.25) is 9.20 Å². The fourth-order valence-corrected chi connectivity index (χ4v) is 6.43. The number of aliphatic hydroxyl groups is 1. The van der Waals surface area contributed by atoms with E-state index in [2.05, 4.69) is 4.98 Å². The van der Waals surface area contributed by atoms with Gasteiger partial charge in [-0.05, 0) is 19.6 Å². The summed E-state index contributed by atoms with van der Waals surface area (Å²) in [6, 6.07) is -0.365. The van der Waals surface area contributed by atoms with Gasteiger partial charge in [0.05, 0.1) is 29.5 Å². The monoisotopic (exact) mass is 509 g/mol. The number of hydrogen-bond donors (Lipinski definition) is 1. The molecule has 10 nitrogen and oxygen atoms in total. The van der Waals surface area contributed by atoms with Crippen molar-refractivity contribution in [3.05, 3.63) is 23.1 Å². The SMILES string of the molecule is CCCOC(=O)OC(C)OC(=O)C1=C(c2cn3cnc(SC)c3s2)[C@H](C)[C@@H]2[C@@H]([C@@H](C)O)C(=O)N12. The van der Waals surface area contributed by atoms with Crippen molar-refractivity contribution in [3.63, 3.8) is 0 Å². The Kier molecular flexibility index (Phi) is 6.92. The second-order valence-corrected chi connectivity index (χ2v) is 10.1. The molecule has 1 fully saturated rings. The van der Waals surface area contributed by atoms with Crippen LogP contribution in [0.5, 0.6) is 0 Å². The highest BCUT2D eigenvalue weighted by Crippen LogP contribution is 2.52. The number of fused-ring (bicyclic) bond motifs is 2. The Morgan fingerprint density at radius 3 is 2.71 bits per heavy atom. The Morgan fingerprint density at radius 1 is 1.32 bits per heavy atom. The predicted octanol–water partition coefficient (Wildman–Crippen LogP) is 3.14. The summed E-state index contributed by atoms with van der Waals surface area (Å²) in [4.78, 5) is 45.4. The fourth-order valence-electron chi connectivity index (χ4n) is 4.51. The van der Waals surface area contributed by atoms with E-state index in [4.69, 9.17) is 14.2 Å². The van der Waals surface area contributed by atoms with E-state index in [0.717, 1.165) is 14.7 Å². The molecule has 2 aliphatic heterocycles. The smallest absolute Gasteiger partial charge is 0.434 e. The number of aliphatic hydroxyl groups excluding tert-OH is 1. The van der Waals surface area contributed by atoms with E-state index in [9.17, 15) is 19.5 Å². The van der Waals surface area contributed by atoms with E-state index >= 15 is 0 Å². The number of esters is 1. The minimum atomic E-state index is -1.21. The van der Waals surface area contributed by atoms with Crippen LogP contribution in [0.1, 0.15) is 39.0 Å². The Morgan fingerprint density at radius 2 is 2.06 bits per heavy atom. The van der Waals surface area contributed by atoms with Gasteiger partial charge in [0.2, 0.25) is 12.2 Å². The van der Waals surface area contributed by atoms with E-state index in [1.54, 1.807) is 13.3 Å². The molecular weight excluding hydrogens is 482 g/mol. The molecule has 0 aliphatic carbocycles. The van der Waals surface area contributed by atoms with Crippen LogP contribution in [-0.4, -0.2) is 68.7 Å². The van der Waals surface area contributed by atoms with Gasteiger partial charge in [0.1, 0.15) is 21.9 Å². The number of carbonyl (C=O) groups is 3. The molecule has 2 aliphatic rings. The van der Waals surface area contributed by atoms with Gasteiger partial charge in [0.25, 0.3) is 0 Å². The van der Waals surface area contributed by atoms with Crippen molar-refractivity contribution < 1.29 is 33.7 Å². The molecule has 4 heterocycles. The number of hydrogen-bond acceptors (Lipinski definition) is 10. The topological polar surface area (TPSA) is 120 Å². The van der Waals surface area contributed by atoms with Gasteiger partial charge in [-0.15, -0.1) is 23.1 Å². The number of carbonyl (C=O) groups excluding carboxylic acids is 3. The van der Waals surface area contributed by atoms with Crippen molar-refractivity contribution in [2.24, 2.45) is 11.8 Å². The zero-order valence-corrected chi connectivity index (χ0v) is 21.1. The molecule has 0 aromatic carbocycles. The molecule has 0 bridgehead atoms. The van der Waals surface area contributed by atoms with E-state index in [-0.39, 0.29) is 30.2 Å². The highest BCUT2D eigenvalue weighted by molar-refractivity contribution is 7.98. The van der Waals surface area contributed by atoms with Gasteiger partial charge in [-0.25, -0.2) is 14.6 Å². The molecule has 1 N–H and O–H groups in total. The average molecular weight is 510 g/mol. The maximum Gasteiger partial charge on any atom is 0.511 e.